The lowest BCUT2D eigenvalue weighted by molar-refractivity contribution is 0.228. The standard InChI is InChI=1S/C12H21N3O/c1-3-10-7-11(15(4-2)14-10)8-13-12(9-16)5-6-12/h7,13,16H,3-6,8-9H2,1-2H3. The minimum atomic E-state index is 0.00915. The second kappa shape index (κ2) is 4.55. The molecule has 0 bridgehead atoms. The molecule has 1 aromatic heterocycles. The Morgan fingerprint density at radius 3 is 2.75 bits per heavy atom. The lowest BCUT2D eigenvalue weighted by Crippen LogP contribution is -2.34. The molecule has 16 heavy (non-hydrogen) atoms. The molecule has 0 amide bonds. The fourth-order valence-corrected chi connectivity index (χ4v) is 1.92. The van der Waals surface area contributed by atoms with Crippen molar-refractivity contribution in [2.45, 2.75) is 51.7 Å². The molecule has 0 atom stereocenters. The van der Waals surface area contributed by atoms with E-state index < -0.39 is 0 Å². The van der Waals surface area contributed by atoms with Crippen molar-refractivity contribution in [3.63, 3.8) is 0 Å². The van der Waals surface area contributed by atoms with E-state index in [2.05, 4.69) is 30.3 Å². The summed E-state index contributed by atoms with van der Waals surface area (Å²) < 4.78 is 2.04. The van der Waals surface area contributed by atoms with Crippen LogP contribution >= 0.6 is 0 Å². The molecule has 1 fully saturated rings. The van der Waals surface area contributed by atoms with Gasteiger partial charge in [-0.15, -0.1) is 0 Å². The van der Waals surface area contributed by atoms with Crippen LogP contribution in [-0.2, 0) is 19.5 Å². The van der Waals surface area contributed by atoms with Gasteiger partial charge in [0, 0.05) is 18.6 Å². The number of aliphatic hydroxyl groups excluding tert-OH is 1. The van der Waals surface area contributed by atoms with Gasteiger partial charge in [0.15, 0.2) is 0 Å². The van der Waals surface area contributed by atoms with Crippen molar-refractivity contribution in [3.8, 4) is 0 Å². The van der Waals surface area contributed by atoms with Gasteiger partial charge in [-0.05, 0) is 32.3 Å². The Kier molecular flexibility index (Phi) is 3.30. The normalized spacial score (nSPS) is 17.7. The molecule has 1 aliphatic rings. The maximum absolute atomic E-state index is 9.23. The maximum atomic E-state index is 9.23. The predicted molar refractivity (Wildman–Crippen MR) is 63.2 cm³/mol. The Labute approximate surface area is 96.7 Å². The van der Waals surface area contributed by atoms with Gasteiger partial charge in [-0.3, -0.25) is 4.68 Å². The predicted octanol–water partition coefficient (Wildman–Crippen LogP) is 1.08. The summed E-state index contributed by atoms with van der Waals surface area (Å²) >= 11 is 0. The van der Waals surface area contributed by atoms with Crippen LogP contribution < -0.4 is 5.32 Å². The van der Waals surface area contributed by atoms with Gasteiger partial charge in [-0.25, -0.2) is 0 Å². The Bertz CT molecular complexity index is 355. The van der Waals surface area contributed by atoms with Crippen LogP contribution in [0.2, 0.25) is 0 Å². The zero-order chi connectivity index (χ0) is 11.6. The van der Waals surface area contributed by atoms with Crippen LogP contribution in [0.3, 0.4) is 0 Å². The highest BCUT2D eigenvalue weighted by Gasteiger charge is 2.41. The molecular weight excluding hydrogens is 202 g/mol. The molecule has 2 rings (SSSR count). The van der Waals surface area contributed by atoms with Gasteiger partial charge in [0.05, 0.1) is 18.0 Å². The van der Waals surface area contributed by atoms with Gasteiger partial charge in [0.25, 0.3) is 0 Å². The zero-order valence-corrected chi connectivity index (χ0v) is 10.2. The number of nitrogens with one attached hydrogen (secondary N) is 1. The van der Waals surface area contributed by atoms with Crippen LogP contribution in [0.1, 0.15) is 38.1 Å². The minimum Gasteiger partial charge on any atom is -0.394 e. The summed E-state index contributed by atoms with van der Waals surface area (Å²) in [6.07, 6.45) is 3.15. The van der Waals surface area contributed by atoms with E-state index in [0.717, 1.165) is 38.0 Å². The van der Waals surface area contributed by atoms with E-state index in [4.69, 9.17) is 0 Å². The third-order valence-electron chi connectivity index (χ3n) is 3.38. The number of hydrogen-bond acceptors (Lipinski definition) is 3. The first-order valence-electron chi connectivity index (χ1n) is 6.14. The van der Waals surface area contributed by atoms with Crippen LogP contribution in [0, 0.1) is 0 Å². The van der Waals surface area contributed by atoms with Gasteiger partial charge in [0.2, 0.25) is 0 Å². The topological polar surface area (TPSA) is 50.1 Å². The number of hydrogen-bond donors (Lipinski definition) is 2. The molecule has 0 aromatic carbocycles. The van der Waals surface area contributed by atoms with E-state index in [0.29, 0.717) is 0 Å². The van der Waals surface area contributed by atoms with E-state index in [1.165, 1.54) is 5.69 Å². The van der Waals surface area contributed by atoms with Crippen molar-refractivity contribution in [1.29, 1.82) is 0 Å². The number of rotatable bonds is 6. The fraction of sp³-hybridized carbons (Fsp3) is 0.750. The third kappa shape index (κ3) is 2.28. The fourth-order valence-electron chi connectivity index (χ4n) is 1.92. The Hall–Kier alpha value is -0.870. The van der Waals surface area contributed by atoms with Crippen LogP contribution in [0.25, 0.3) is 0 Å². The molecular formula is C12H21N3O. The minimum absolute atomic E-state index is 0.00915. The average molecular weight is 223 g/mol. The van der Waals surface area contributed by atoms with Gasteiger partial charge in [-0.2, -0.15) is 5.10 Å². The molecule has 0 spiro atoms. The average Bonchev–Trinajstić information content (AvgIpc) is 2.99. The summed E-state index contributed by atoms with van der Waals surface area (Å²) in [7, 11) is 0. The maximum Gasteiger partial charge on any atom is 0.0625 e. The summed E-state index contributed by atoms with van der Waals surface area (Å²) in [5, 5.41) is 17.2. The van der Waals surface area contributed by atoms with Gasteiger partial charge < -0.3 is 10.4 Å². The Morgan fingerprint density at radius 1 is 1.50 bits per heavy atom. The second-order valence-corrected chi connectivity index (χ2v) is 4.59. The van der Waals surface area contributed by atoms with Crippen molar-refractivity contribution in [2.75, 3.05) is 6.61 Å². The summed E-state index contributed by atoms with van der Waals surface area (Å²) in [6.45, 7) is 6.18. The first-order chi connectivity index (χ1) is 7.73. The molecule has 0 saturated heterocycles. The van der Waals surface area contributed by atoms with Crippen molar-refractivity contribution in [1.82, 2.24) is 15.1 Å². The van der Waals surface area contributed by atoms with Crippen LogP contribution in [-0.4, -0.2) is 27.0 Å². The first-order valence-corrected chi connectivity index (χ1v) is 6.14. The molecule has 2 N–H and O–H groups in total. The second-order valence-electron chi connectivity index (χ2n) is 4.59. The smallest absolute Gasteiger partial charge is 0.0625 e. The molecule has 1 heterocycles. The summed E-state index contributed by atoms with van der Waals surface area (Å²) in [6, 6.07) is 2.16. The molecule has 4 heteroatoms. The highest BCUT2D eigenvalue weighted by atomic mass is 16.3. The van der Waals surface area contributed by atoms with Crippen LogP contribution in [0.4, 0.5) is 0 Å². The lowest BCUT2D eigenvalue weighted by Gasteiger charge is -2.14. The molecule has 1 aliphatic carbocycles. The highest BCUT2D eigenvalue weighted by Crippen LogP contribution is 2.34. The van der Waals surface area contributed by atoms with E-state index in [1.54, 1.807) is 0 Å². The molecule has 1 saturated carbocycles. The Balaban J connectivity index is 2.00. The number of aliphatic hydroxyl groups is 1. The summed E-state index contributed by atoms with van der Waals surface area (Å²) in [4.78, 5) is 0. The van der Waals surface area contributed by atoms with Gasteiger partial charge >= 0.3 is 0 Å². The van der Waals surface area contributed by atoms with Crippen LogP contribution in [0.15, 0.2) is 6.07 Å². The van der Waals surface area contributed by atoms with Crippen molar-refractivity contribution in [2.24, 2.45) is 0 Å². The lowest BCUT2D eigenvalue weighted by atomic mass is 10.2. The summed E-state index contributed by atoms with van der Waals surface area (Å²) in [5.74, 6) is 0. The number of aryl methyl sites for hydroxylation is 2. The highest BCUT2D eigenvalue weighted by molar-refractivity contribution is 5.12. The van der Waals surface area contributed by atoms with Crippen molar-refractivity contribution in [3.05, 3.63) is 17.5 Å². The zero-order valence-electron chi connectivity index (χ0n) is 10.2. The SMILES string of the molecule is CCc1cc(CNC2(CO)CC2)n(CC)n1. The van der Waals surface area contributed by atoms with E-state index in [1.807, 2.05) is 4.68 Å². The van der Waals surface area contributed by atoms with Gasteiger partial charge in [-0.1, -0.05) is 6.92 Å². The quantitative estimate of drug-likeness (QED) is 0.758. The number of nitrogens with zero attached hydrogens (tertiary/aromatic N) is 2. The van der Waals surface area contributed by atoms with Gasteiger partial charge in [0.1, 0.15) is 0 Å². The molecule has 0 unspecified atom stereocenters. The molecule has 0 aliphatic heterocycles. The van der Waals surface area contributed by atoms with E-state index in [9.17, 15) is 5.11 Å². The monoisotopic (exact) mass is 223 g/mol. The van der Waals surface area contributed by atoms with E-state index in [-0.39, 0.29) is 12.1 Å². The largest absolute Gasteiger partial charge is 0.394 e. The number of aromatic nitrogens is 2. The molecule has 4 nitrogen and oxygen atoms in total. The first kappa shape index (κ1) is 11.6. The molecule has 0 radical (unpaired) electrons. The van der Waals surface area contributed by atoms with Crippen LogP contribution in [0.5, 0.6) is 0 Å². The Morgan fingerprint density at radius 2 is 2.25 bits per heavy atom. The third-order valence-corrected chi connectivity index (χ3v) is 3.38. The van der Waals surface area contributed by atoms with E-state index >= 15 is 0 Å². The molecule has 1 aromatic rings. The molecule has 90 valence electrons. The van der Waals surface area contributed by atoms with Crippen molar-refractivity contribution >= 4 is 0 Å². The summed E-state index contributed by atoms with van der Waals surface area (Å²) in [5.41, 5.74) is 2.38. The van der Waals surface area contributed by atoms with Crippen molar-refractivity contribution < 1.29 is 5.11 Å².